The highest BCUT2D eigenvalue weighted by atomic mass is 16.5. The lowest BCUT2D eigenvalue weighted by Gasteiger charge is -2.17. The molecule has 0 aliphatic carbocycles. The number of ether oxygens (including phenoxy) is 2. The van der Waals surface area contributed by atoms with E-state index in [1.54, 1.807) is 31.4 Å². The number of carbonyl (C=O) groups excluding carboxylic acids is 1. The highest BCUT2D eigenvalue weighted by Crippen LogP contribution is 2.30. The van der Waals surface area contributed by atoms with Crippen molar-refractivity contribution in [3.63, 3.8) is 0 Å². The highest BCUT2D eigenvalue weighted by Gasteiger charge is 2.13. The van der Waals surface area contributed by atoms with Crippen LogP contribution in [0.15, 0.2) is 42.5 Å². The van der Waals surface area contributed by atoms with Gasteiger partial charge in [0.2, 0.25) is 5.91 Å². The molecule has 0 spiro atoms. The second kappa shape index (κ2) is 10.3. The molecule has 0 bridgehead atoms. The summed E-state index contributed by atoms with van der Waals surface area (Å²) in [5.74, 6) is 0.307. The molecule has 6 nitrogen and oxygen atoms in total. The third-order valence-corrected chi connectivity index (χ3v) is 4.37. The molecule has 6 heteroatoms. The number of nitrogens with one attached hydrogen (secondary N) is 1. The third-order valence-electron chi connectivity index (χ3n) is 4.37. The van der Waals surface area contributed by atoms with Crippen LogP contribution in [0.2, 0.25) is 0 Å². The van der Waals surface area contributed by atoms with E-state index in [0.717, 1.165) is 17.5 Å². The quantitative estimate of drug-likeness (QED) is 0.646. The Morgan fingerprint density at radius 3 is 2.43 bits per heavy atom. The Morgan fingerprint density at radius 2 is 1.82 bits per heavy atom. The SMILES string of the molecule is CCCOc1ccc(C(C)NC(=O)CCc2ccc(C(=O)O)cc2)cc1OC. The van der Waals surface area contributed by atoms with E-state index in [-0.39, 0.29) is 17.5 Å². The molecule has 0 aliphatic heterocycles. The van der Waals surface area contributed by atoms with Gasteiger partial charge in [-0.05, 0) is 55.2 Å². The first-order valence-corrected chi connectivity index (χ1v) is 9.37. The highest BCUT2D eigenvalue weighted by molar-refractivity contribution is 5.87. The molecule has 150 valence electrons. The Kier molecular flexibility index (Phi) is 7.87. The third kappa shape index (κ3) is 6.01. The largest absolute Gasteiger partial charge is 0.493 e. The molecule has 0 saturated heterocycles. The summed E-state index contributed by atoms with van der Waals surface area (Å²) in [5.41, 5.74) is 2.09. The number of benzene rings is 2. The van der Waals surface area contributed by atoms with Gasteiger partial charge < -0.3 is 19.9 Å². The van der Waals surface area contributed by atoms with Crippen molar-refractivity contribution < 1.29 is 24.2 Å². The number of hydrogen-bond acceptors (Lipinski definition) is 4. The standard InChI is InChI=1S/C22H27NO5/c1-4-13-28-19-11-10-18(14-20(19)27-3)15(2)23-21(24)12-7-16-5-8-17(9-6-16)22(25)26/h5-6,8-11,14-15H,4,7,12-13H2,1-3H3,(H,23,24)(H,25,26). The number of amides is 1. The fraction of sp³-hybridized carbons (Fsp3) is 0.364. The lowest BCUT2D eigenvalue weighted by molar-refractivity contribution is -0.121. The number of aryl methyl sites for hydroxylation is 1. The van der Waals surface area contributed by atoms with E-state index >= 15 is 0 Å². The number of aromatic carboxylic acids is 1. The summed E-state index contributed by atoms with van der Waals surface area (Å²) in [6.07, 6.45) is 1.79. The predicted molar refractivity (Wildman–Crippen MR) is 107 cm³/mol. The second-order valence-corrected chi connectivity index (χ2v) is 6.55. The number of rotatable bonds is 10. The van der Waals surface area contributed by atoms with Crippen LogP contribution in [0.4, 0.5) is 0 Å². The Hall–Kier alpha value is -3.02. The Labute approximate surface area is 165 Å². The van der Waals surface area contributed by atoms with E-state index in [9.17, 15) is 9.59 Å². The molecule has 1 atom stereocenters. The van der Waals surface area contributed by atoms with Crippen LogP contribution in [-0.4, -0.2) is 30.7 Å². The summed E-state index contributed by atoms with van der Waals surface area (Å²) in [7, 11) is 1.59. The van der Waals surface area contributed by atoms with Crippen LogP contribution < -0.4 is 14.8 Å². The lowest BCUT2D eigenvalue weighted by Crippen LogP contribution is -2.26. The molecule has 0 fully saturated rings. The van der Waals surface area contributed by atoms with Crippen LogP contribution in [-0.2, 0) is 11.2 Å². The van der Waals surface area contributed by atoms with Crippen molar-refractivity contribution in [1.82, 2.24) is 5.32 Å². The first-order valence-electron chi connectivity index (χ1n) is 9.37. The van der Waals surface area contributed by atoms with Crippen molar-refractivity contribution >= 4 is 11.9 Å². The van der Waals surface area contributed by atoms with Crippen molar-refractivity contribution in [2.45, 2.75) is 39.2 Å². The maximum Gasteiger partial charge on any atom is 0.335 e. The monoisotopic (exact) mass is 385 g/mol. The maximum absolute atomic E-state index is 12.3. The molecule has 0 saturated carbocycles. The van der Waals surface area contributed by atoms with Gasteiger partial charge in [-0.2, -0.15) is 0 Å². The molecule has 0 aliphatic rings. The van der Waals surface area contributed by atoms with Gasteiger partial charge in [-0.25, -0.2) is 4.79 Å². The summed E-state index contributed by atoms with van der Waals surface area (Å²) >= 11 is 0. The second-order valence-electron chi connectivity index (χ2n) is 6.55. The van der Waals surface area contributed by atoms with Crippen molar-refractivity contribution in [2.75, 3.05) is 13.7 Å². The minimum absolute atomic E-state index is 0.0694. The number of methoxy groups -OCH3 is 1. The number of carboxylic acids is 1. The Bertz CT molecular complexity index is 801. The zero-order valence-corrected chi connectivity index (χ0v) is 16.5. The van der Waals surface area contributed by atoms with Crippen molar-refractivity contribution in [3.8, 4) is 11.5 Å². The fourth-order valence-corrected chi connectivity index (χ4v) is 2.75. The molecular weight excluding hydrogens is 358 g/mol. The molecular formula is C22H27NO5. The molecule has 0 aromatic heterocycles. The minimum atomic E-state index is -0.959. The molecule has 2 aromatic carbocycles. The summed E-state index contributed by atoms with van der Waals surface area (Å²) in [5, 5.41) is 11.9. The van der Waals surface area contributed by atoms with Gasteiger partial charge in [0.05, 0.1) is 25.3 Å². The summed E-state index contributed by atoms with van der Waals surface area (Å²) in [4.78, 5) is 23.1. The average molecular weight is 385 g/mol. The van der Waals surface area contributed by atoms with E-state index in [2.05, 4.69) is 5.32 Å². The number of hydrogen-bond donors (Lipinski definition) is 2. The van der Waals surface area contributed by atoms with Gasteiger partial charge in [0, 0.05) is 6.42 Å². The Balaban J connectivity index is 1.91. The first-order chi connectivity index (χ1) is 13.4. The molecule has 2 N–H and O–H groups in total. The smallest absolute Gasteiger partial charge is 0.335 e. The van der Waals surface area contributed by atoms with Gasteiger partial charge in [0.1, 0.15) is 0 Å². The predicted octanol–water partition coefficient (Wildman–Crippen LogP) is 3.99. The van der Waals surface area contributed by atoms with E-state index in [4.69, 9.17) is 14.6 Å². The van der Waals surface area contributed by atoms with Crippen LogP contribution >= 0.6 is 0 Å². The average Bonchev–Trinajstić information content (AvgIpc) is 2.70. The van der Waals surface area contributed by atoms with Crippen molar-refractivity contribution in [2.24, 2.45) is 0 Å². The molecule has 1 unspecified atom stereocenters. The van der Waals surface area contributed by atoms with Crippen LogP contribution in [0, 0.1) is 0 Å². The van der Waals surface area contributed by atoms with Gasteiger partial charge in [-0.3, -0.25) is 4.79 Å². The van der Waals surface area contributed by atoms with E-state index in [1.165, 1.54) is 0 Å². The number of carbonyl (C=O) groups is 2. The maximum atomic E-state index is 12.3. The Morgan fingerprint density at radius 1 is 1.11 bits per heavy atom. The van der Waals surface area contributed by atoms with Gasteiger partial charge in [0.15, 0.2) is 11.5 Å². The van der Waals surface area contributed by atoms with Crippen LogP contribution in [0.1, 0.15) is 54.2 Å². The van der Waals surface area contributed by atoms with Gasteiger partial charge >= 0.3 is 5.97 Å². The lowest BCUT2D eigenvalue weighted by atomic mass is 10.1. The van der Waals surface area contributed by atoms with Crippen LogP contribution in [0.25, 0.3) is 0 Å². The molecule has 28 heavy (non-hydrogen) atoms. The molecule has 1 amide bonds. The van der Waals surface area contributed by atoms with E-state index in [0.29, 0.717) is 30.9 Å². The zero-order valence-electron chi connectivity index (χ0n) is 16.5. The van der Waals surface area contributed by atoms with E-state index in [1.807, 2.05) is 32.0 Å². The molecule has 0 radical (unpaired) electrons. The number of carboxylic acid groups (broad SMARTS) is 1. The molecule has 0 heterocycles. The zero-order chi connectivity index (χ0) is 20.5. The van der Waals surface area contributed by atoms with Gasteiger partial charge in [0.25, 0.3) is 0 Å². The normalized spacial score (nSPS) is 11.5. The molecule has 2 aromatic rings. The van der Waals surface area contributed by atoms with Gasteiger partial charge in [-0.1, -0.05) is 25.1 Å². The van der Waals surface area contributed by atoms with Crippen molar-refractivity contribution in [3.05, 3.63) is 59.2 Å². The van der Waals surface area contributed by atoms with E-state index < -0.39 is 5.97 Å². The van der Waals surface area contributed by atoms with Crippen LogP contribution in [0.5, 0.6) is 11.5 Å². The summed E-state index contributed by atoms with van der Waals surface area (Å²) in [6.45, 7) is 4.58. The first kappa shape index (κ1) is 21.3. The van der Waals surface area contributed by atoms with Gasteiger partial charge in [-0.15, -0.1) is 0 Å². The minimum Gasteiger partial charge on any atom is -0.493 e. The fourth-order valence-electron chi connectivity index (χ4n) is 2.75. The summed E-state index contributed by atoms with van der Waals surface area (Å²) < 4.78 is 11.0. The van der Waals surface area contributed by atoms with Crippen LogP contribution in [0.3, 0.4) is 0 Å². The van der Waals surface area contributed by atoms with Crippen molar-refractivity contribution in [1.29, 1.82) is 0 Å². The topological polar surface area (TPSA) is 84.9 Å². The summed E-state index contributed by atoms with van der Waals surface area (Å²) in [6, 6.07) is 12.1. The molecule has 2 rings (SSSR count).